The Balaban J connectivity index is 2.63. The molecule has 15 heavy (non-hydrogen) atoms. The van der Waals surface area contributed by atoms with Crippen molar-refractivity contribution < 1.29 is 23.5 Å². The van der Waals surface area contributed by atoms with E-state index in [1.807, 2.05) is 0 Å². The molecule has 0 bridgehead atoms. The van der Waals surface area contributed by atoms with Gasteiger partial charge in [-0.15, -0.1) is 0 Å². The average molecular weight is 215 g/mol. The topological polar surface area (TPSA) is 58.9 Å². The first kappa shape index (κ1) is 11.1. The summed E-state index contributed by atoms with van der Waals surface area (Å²) in [6.07, 6.45) is 0.904. The molecule has 0 atom stereocenters. The largest absolute Gasteiger partial charge is 0.479 e. The highest BCUT2D eigenvalue weighted by Crippen LogP contribution is 2.06. The summed E-state index contributed by atoms with van der Waals surface area (Å²) in [5.41, 5.74) is -0.111. The second-order valence-corrected chi connectivity index (χ2v) is 2.57. The third kappa shape index (κ3) is 3.72. The van der Waals surface area contributed by atoms with Crippen molar-refractivity contribution >= 4 is 12.2 Å². The first-order valence-electron chi connectivity index (χ1n) is 3.92. The number of carboxylic acids is 1. The Bertz CT molecular complexity index is 393. The summed E-state index contributed by atoms with van der Waals surface area (Å²) < 4.78 is 25.5. The van der Waals surface area contributed by atoms with E-state index >= 15 is 0 Å². The van der Waals surface area contributed by atoms with E-state index in [0.717, 1.165) is 24.4 Å². The number of aliphatic carboxylic acids is 1. The fraction of sp³-hybridized carbons (Fsp3) is 0.111. The fourth-order valence-corrected chi connectivity index (χ4v) is 0.800. The van der Waals surface area contributed by atoms with Crippen LogP contribution in [-0.2, 0) is 9.63 Å². The summed E-state index contributed by atoms with van der Waals surface area (Å²) in [5, 5.41) is 11.3. The molecule has 0 aliphatic heterocycles. The molecule has 0 aromatic heterocycles. The SMILES string of the molecule is O=C(O)CON=Cc1cc(F)ccc1F. The van der Waals surface area contributed by atoms with Crippen molar-refractivity contribution in [2.45, 2.75) is 0 Å². The van der Waals surface area contributed by atoms with E-state index in [9.17, 15) is 13.6 Å². The zero-order chi connectivity index (χ0) is 11.3. The van der Waals surface area contributed by atoms with Crippen molar-refractivity contribution in [2.24, 2.45) is 5.16 Å². The number of oxime groups is 1. The Morgan fingerprint density at radius 1 is 1.53 bits per heavy atom. The van der Waals surface area contributed by atoms with Gasteiger partial charge in [0.15, 0.2) is 0 Å². The van der Waals surface area contributed by atoms with Crippen LogP contribution >= 0.6 is 0 Å². The molecule has 0 fully saturated rings. The quantitative estimate of drug-likeness (QED) is 0.610. The summed E-state index contributed by atoms with van der Waals surface area (Å²) in [6, 6.07) is 2.82. The third-order valence-corrected chi connectivity index (χ3v) is 1.41. The number of hydrogen-bond acceptors (Lipinski definition) is 3. The van der Waals surface area contributed by atoms with Crippen LogP contribution in [0.1, 0.15) is 5.56 Å². The Hall–Kier alpha value is -1.98. The molecule has 6 heteroatoms. The van der Waals surface area contributed by atoms with E-state index in [-0.39, 0.29) is 5.56 Å². The highest BCUT2D eigenvalue weighted by atomic mass is 19.1. The van der Waals surface area contributed by atoms with Crippen LogP contribution in [0.25, 0.3) is 0 Å². The van der Waals surface area contributed by atoms with Crippen LogP contribution in [0.5, 0.6) is 0 Å². The van der Waals surface area contributed by atoms with Crippen LogP contribution in [-0.4, -0.2) is 23.9 Å². The van der Waals surface area contributed by atoms with Crippen molar-refractivity contribution in [3.63, 3.8) is 0 Å². The Morgan fingerprint density at radius 3 is 2.93 bits per heavy atom. The van der Waals surface area contributed by atoms with E-state index in [0.29, 0.717) is 0 Å². The predicted molar refractivity (Wildman–Crippen MR) is 47.5 cm³/mol. The molecule has 0 radical (unpaired) electrons. The molecule has 0 spiro atoms. The summed E-state index contributed by atoms with van der Waals surface area (Å²) in [5.74, 6) is -2.48. The molecule has 1 aromatic carbocycles. The molecule has 1 N–H and O–H groups in total. The zero-order valence-electron chi connectivity index (χ0n) is 7.48. The van der Waals surface area contributed by atoms with Crippen molar-refractivity contribution in [1.82, 2.24) is 0 Å². The fourth-order valence-electron chi connectivity index (χ4n) is 0.800. The van der Waals surface area contributed by atoms with Gasteiger partial charge in [0.1, 0.15) is 11.6 Å². The highest BCUT2D eigenvalue weighted by molar-refractivity contribution is 5.79. The van der Waals surface area contributed by atoms with Crippen molar-refractivity contribution in [3.05, 3.63) is 35.4 Å². The van der Waals surface area contributed by atoms with Gasteiger partial charge in [0.25, 0.3) is 0 Å². The van der Waals surface area contributed by atoms with Gasteiger partial charge in [-0.3, -0.25) is 0 Å². The predicted octanol–water partition coefficient (Wildman–Crippen LogP) is 1.40. The first-order chi connectivity index (χ1) is 7.09. The average Bonchev–Trinajstić information content (AvgIpc) is 2.17. The number of hydrogen-bond donors (Lipinski definition) is 1. The lowest BCUT2D eigenvalue weighted by Crippen LogP contribution is -2.03. The molecule has 0 aliphatic carbocycles. The van der Waals surface area contributed by atoms with Crippen molar-refractivity contribution in [2.75, 3.05) is 6.61 Å². The monoisotopic (exact) mass is 215 g/mol. The Morgan fingerprint density at radius 2 is 2.27 bits per heavy atom. The summed E-state index contributed by atoms with van der Waals surface area (Å²) in [4.78, 5) is 14.3. The van der Waals surface area contributed by atoms with Gasteiger partial charge in [-0.25, -0.2) is 13.6 Å². The standard InChI is InChI=1S/C9H7F2NO3/c10-7-1-2-8(11)6(3-7)4-12-15-5-9(13)14/h1-4H,5H2,(H,13,14). The molecule has 0 unspecified atom stereocenters. The minimum absolute atomic E-state index is 0.111. The number of nitrogens with zero attached hydrogens (tertiary/aromatic N) is 1. The molecule has 0 heterocycles. The van der Waals surface area contributed by atoms with E-state index in [4.69, 9.17) is 5.11 Å². The van der Waals surface area contributed by atoms with Crippen molar-refractivity contribution in [3.8, 4) is 0 Å². The molecular formula is C9H7F2NO3. The van der Waals surface area contributed by atoms with Crippen LogP contribution in [0, 0.1) is 11.6 Å². The molecule has 0 saturated heterocycles. The lowest BCUT2D eigenvalue weighted by Gasteiger charge is -1.96. The van der Waals surface area contributed by atoms with Gasteiger partial charge in [0, 0.05) is 5.56 Å². The Labute approximate surface area is 83.8 Å². The van der Waals surface area contributed by atoms with Gasteiger partial charge in [0.05, 0.1) is 6.21 Å². The van der Waals surface area contributed by atoms with E-state index in [1.165, 1.54) is 0 Å². The Kier molecular flexibility index (Phi) is 3.73. The maximum atomic E-state index is 12.9. The van der Waals surface area contributed by atoms with Gasteiger partial charge in [-0.05, 0) is 18.2 Å². The second kappa shape index (κ2) is 5.04. The minimum Gasteiger partial charge on any atom is -0.479 e. The molecule has 0 aliphatic rings. The second-order valence-electron chi connectivity index (χ2n) is 2.57. The number of carboxylic acid groups (broad SMARTS) is 1. The summed E-state index contributed by atoms with van der Waals surface area (Å²) >= 11 is 0. The molecule has 1 aromatic rings. The summed E-state index contributed by atoms with van der Waals surface area (Å²) in [7, 11) is 0. The van der Waals surface area contributed by atoms with Crippen LogP contribution in [0.2, 0.25) is 0 Å². The molecular weight excluding hydrogens is 208 g/mol. The van der Waals surface area contributed by atoms with E-state index < -0.39 is 24.2 Å². The number of halogens is 2. The molecule has 1 rings (SSSR count). The van der Waals surface area contributed by atoms with Gasteiger partial charge >= 0.3 is 5.97 Å². The zero-order valence-corrected chi connectivity index (χ0v) is 7.48. The van der Waals surface area contributed by atoms with Crippen LogP contribution in [0.3, 0.4) is 0 Å². The number of rotatable bonds is 4. The van der Waals surface area contributed by atoms with Gasteiger partial charge in [-0.1, -0.05) is 5.16 Å². The molecule has 0 amide bonds. The van der Waals surface area contributed by atoms with E-state index in [2.05, 4.69) is 9.99 Å². The molecule has 4 nitrogen and oxygen atoms in total. The van der Waals surface area contributed by atoms with Crippen LogP contribution < -0.4 is 0 Å². The van der Waals surface area contributed by atoms with E-state index in [1.54, 1.807) is 0 Å². The smallest absolute Gasteiger partial charge is 0.344 e. The highest BCUT2D eigenvalue weighted by Gasteiger charge is 2.01. The third-order valence-electron chi connectivity index (χ3n) is 1.41. The lowest BCUT2D eigenvalue weighted by atomic mass is 10.2. The lowest BCUT2D eigenvalue weighted by molar-refractivity contribution is -0.142. The molecule has 80 valence electrons. The van der Waals surface area contributed by atoms with Crippen molar-refractivity contribution in [1.29, 1.82) is 0 Å². The maximum absolute atomic E-state index is 12.9. The maximum Gasteiger partial charge on any atom is 0.344 e. The normalized spacial score (nSPS) is 10.5. The first-order valence-corrected chi connectivity index (χ1v) is 3.92. The molecule has 0 saturated carbocycles. The number of benzene rings is 1. The van der Waals surface area contributed by atoms with Gasteiger partial charge in [-0.2, -0.15) is 0 Å². The summed E-state index contributed by atoms with van der Waals surface area (Å²) in [6.45, 7) is -0.632. The van der Waals surface area contributed by atoms with Gasteiger partial charge in [0.2, 0.25) is 6.61 Å². The van der Waals surface area contributed by atoms with Gasteiger partial charge < -0.3 is 9.94 Å². The van der Waals surface area contributed by atoms with Crippen LogP contribution in [0.15, 0.2) is 23.4 Å². The minimum atomic E-state index is -1.20. The number of carbonyl (C=O) groups is 1. The van der Waals surface area contributed by atoms with Crippen LogP contribution in [0.4, 0.5) is 8.78 Å².